The summed E-state index contributed by atoms with van der Waals surface area (Å²) in [5.41, 5.74) is 7.97. The Bertz CT molecular complexity index is 1000. The van der Waals surface area contributed by atoms with Gasteiger partial charge in [-0.3, -0.25) is 14.3 Å². The van der Waals surface area contributed by atoms with Gasteiger partial charge in [-0.05, 0) is 50.1 Å². The van der Waals surface area contributed by atoms with Crippen LogP contribution in [0.5, 0.6) is 5.75 Å². The average molecular weight is 382 g/mol. The van der Waals surface area contributed by atoms with Gasteiger partial charge in [0, 0.05) is 18.9 Å². The molecule has 0 saturated heterocycles. The number of nitrogens with zero attached hydrogens (tertiary/aromatic N) is 4. The van der Waals surface area contributed by atoms with Crippen LogP contribution >= 0.6 is 0 Å². The second-order valence-corrected chi connectivity index (χ2v) is 6.40. The van der Waals surface area contributed by atoms with E-state index in [9.17, 15) is 9.59 Å². The van der Waals surface area contributed by atoms with Crippen LogP contribution in [0.4, 0.5) is 5.69 Å². The number of rotatable bonds is 7. The van der Waals surface area contributed by atoms with Crippen LogP contribution in [0.3, 0.4) is 0 Å². The average Bonchev–Trinajstić information content (AvgIpc) is 3.26. The van der Waals surface area contributed by atoms with Crippen molar-refractivity contribution in [3.05, 3.63) is 59.2 Å². The van der Waals surface area contributed by atoms with Gasteiger partial charge in [0.2, 0.25) is 0 Å². The number of anilines is 1. The number of benzene rings is 1. The fraction of sp³-hybridized carbons (Fsp3) is 0.263. The van der Waals surface area contributed by atoms with Crippen molar-refractivity contribution in [2.75, 3.05) is 5.32 Å². The van der Waals surface area contributed by atoms with Crippen LogP contribution in [0.15, 0.2) is 36.7 Å². The molecule has 2 amide bonds. The second kappa shape index (κ2) is 7.95. The number of carbonyl (C=O) groups is 2. The fourth-order valence-electron chi connectivity index (χ4n) is 2.75. The molecule has 0 aliphatic carbocycles. The molecular weight excluding hydrogens is 360 g/mol. The van der Waals surface area contributed by atoms with Gasteiger partial charge < -0.3 is 15.8 Å². The van der Waals surface area contributed by atoms with Gasteiger partial charge in [0.05, 0.1) is 5.69 Å². The first-order valence-corrected chi connectivity index (χ1v) is 8.79. The minimum Gasteiger partial charge on any atom is -0.471 e. The van der Waals surface area contributed by atoms with Crippen molar-refractivity contribution in [3.63, 3.8) is 0 Å². The first kappa shape index (κ1) is 19.2. The van der Waals surface area contributed by atoms with Gasteiger partial charge >= 0.3 is 0 Å². The summed E-state index contributed by atoms with van der Waals surface area (Å²) in [6.45, 7) is 6.56. The Balaban J connectivity index is 1.67. The fourth-order valence-corrected chi connectivity index (χ4v) is 2.75. The summed E-state index contributed by atoms with van der Waals surface area (Å²) < 4.78 is 8.76. The number of ether oxygens (including phenoxy) is 1. The lowest BCUT2D eigenvalue weighted by atomic mass is 10.1. The number of amides is 2. The second-order valence-electron chi connectivity index (χ2n) is 6.40. The lowest BCUT2D eigenvalue weighted by Crippen LogP contribution is -2.18. The standard InChI is InChI=1S/C19H22N6O3/c1-4-24-10-16(17(23-24)18(20)26)21-19(27)15-5-6-25(22-15)11-28-14-8-12(2)7-13(3)9-14/h5-10H,4,11H2,1-3H3,(H2,20,26)(H,21,27). The maximum absolute atomic E-state index is 12.4. The Kier molecular flexibility index (Phi) is 5.44. The molecule has 1 aromatic carbocycles. The Morgan fingerprint density at radius 3 is 2.50 bits per heavy atom. The molecule has 0 saturated carbocycles. The van der Waals surface area contributed by atoms with Crippen molar-refractivity contribution >= 4 is 17.5 Å². The summed E-state index contributed by atoms with van der Waals surface area (Å²) in [5, 5.41) is 10.9. The van der Waals surface area contributed by atoms with Crippen LogP contribution in [-0.2, 0) is 13.3 Å². The molecule has 0 bridgehead atoms. The van der Waals surface area contributed by atoms with E-state index in [1.165, 1.54) is 9.36 Å². The topological polar surface area (TPSA) is 117 Å². The summed E-state index contributed by atoms with van der Waals surface area (Å²) in [5.74, 6) is -0.449. The van der Waals surface area contributed by atoms with E-state index >= 15 is 0 Å². The van der Waals surface area contributed by atoms with Crippen molar-refractivity contribution in [1.29, 1.82) is 0 Å². The number of hydrogen-bond acceptors (Lipinski definition) is 5. The zero-order chi connectivity index (χ0) is 20.3. The highest BCUT2D eigenvalue weighted by Crippen LogP contribution is 2.17. The van der Waals surface area contributed by atoms with Gasteiger partial charge in [0.25, 0.3) is 11.8 Å². The van der Waals surface area contributed by atoms with E-state index < -0.39 is 11.8 Å². The molecule has 3 rings (SSSR count). The Labute approximate surface area is 162 Å². The third kappa shape index (κ3) is 4.37. The van der Waals surface area contributed by atoms with Gasteiger partial charge in [-0.25, -0.2) is 4.68 Å². The van der Waals surface area contributed by atoms with Gasteiger partial charge in [-0.1, -0.05) is 6.07 Å². The molecule has 28 heavy (non-hydrogen) atoms. The minimum atomic E-state index is -0.713. The van der Waals surface area contributed by atoms with Crippen LogP contribution in [0, 0.1) is 13.8 Å². The number of nitrogens with one attached hydrogen (secondary N) is 1. The van der Waals surface area contributed by atoms with E-state index in [-0.39, 0.29) is 23.8 Å². The molecule has 0 spiro atoms. The van der Waals surface area contributed by atoms with E-state index in [0.29, 0.717) is 6.54 Å². The highest BCUT2D eigenvalue weighted by Gasteiger charge is 2.18. The smallest absolute Gasteiger partial charge is 0.276 e. The number of nitrogens with two attached hydrogens (primary N) is 1. The van der Waals surface area contributed by atoms with Crippen LogP contribution in [0.2, 0.25) is 0 Å². The predicted octanol–water partition coefficient (Wildman–Crippen LogP) is 2.10. The maximum atomic E-state index is 12.4. The highest BCUT2D eigenvalue weighted by molar-refractivity contribution is 6.06. The Morgan fingerprint density at radius 2 is 1.86 bits per heavy atom. The molecule has 0 unspecified atom stereocenters. The van der Waals surface area contributed by atoms with Crippen LogP contribution < -0.4 is 15.8 Å². The molecule has 146 valence electrons. The third-order valence-corrected chi connectivity index (χ3v) is 4.00. The summed E-state index contributed by atoms with van der Waals surface area (Å²) >= 11 is 0. The zero-order valence-corrected chi connectivity index (χ0v) is 16.0. The molecule has 3 N–H and O–H groups in total. The molecule has 0 aliphatic heterocycles. The molecule has 9 nitrogen and oxygen atoms in total. The van der Waals surface area contributed by atoms with Crippen molar-refractivity contribution in [2.45, 2.75) is 34.0 Å². The van der Waals surface area contributed by atoms with Crippen LogP contribution in [0.25, 0.3) is 0 Å². The summed E-state index contributed by atoms with van der Waals surface area (Å²) in [6, 6.07) is 7.49. The SMILES string of the molecule is CCn1cc(NC(=O)c2ccn(COc3cc(C)cc(C)c3)n2)c(C(N)=O)n1. The predicted molar refractivity (Wildman–Crippen MR) is 103 cm³/mol. The van der Waals surface area contributed by atoms with E-state index in [1.54, 1.807) is 18.5 Å². The van der Waals surface area contributed by atoms with E-state index in [2.05, 4.69) is 21.6 Å². The maximum Gasteiger partial charge on any atom is 0.276 e. The quantitative estimate of drug-likeness (QED) is 0.649. The molecule has 2 heterocycles. The van der Waals surface area contributed by atoms with Crippen molar-refractivity contribution in [2.24, 2.45) is 5.73 Å². The normalized spacial score (nSPS) is 10.7. The van der Waals surface area contributed by atoms with Crippen molar-refractivity contribution in [3.8, 4) is 5.75 Å². The van der Waals surface area contributed by atoms with Crippen LogP contribution in [-0.4, -0.2) is 31.4 Å². The first-order chi connectivity index (χ1) is 13.4. The summed E-state index contributed by atoms with van der Waals surface area (Å²) in [7, 11) is 0. The zero-order valence-electron chi connectivity index (χ0n) is 16.0. The molecule has 0 atom stereocenters. The van der Waals surface area contributed by atoms with E-state index in [1.807, 2.05) is 32.9 Å². The molecular formula is C19H22N6O3. The van der Waals surface area contributed by atoms with Crippen molar-refractivity contribution < 1.29 is 14.3 Å². The molecule has 3 aromatic rings. The lowest BCUT2D eigenvalue weighted by Gasteiger charge is -2.08. The molecule has 2 aromatic heterocycles. The highest BCUT2D eigenvalue weighted by atomic mass is 16.5. The monoisotopic (exact) mass is 382 g/mol. The number of carbonyl (C=O) groups excluding carboxylic acids is 2. The van der Waals surface area contributed by atoms with Crippen LogP contribution in [0.1, 0.15) is 39.0 Å². The third-order valence-electron chi connectivity index (χ3n) is 4.00. The molecule has 0 fully saturated rings. The largest absolute Gasteiger partial charge is 0.471 e. The Hall–Kier alpha value is -3.62. The summed E-state index contributed by atoms with van der Waals surface area (Å²) in [6.07, 6.45) is 3.19. The van der Waals surface area contributed by atoms with Crippen molar-refractivity contribution in [1.82, 2.24) is 19.6 Å². The number of hydrogen-bond donors (Lipinski definition) is 2. The molecule has 0 aliphatic rings. The Morgan fingerprint density at radius 1 is 1.14 bits per heavy atom. The van der Waals surface area contributed by atoms with Gasteiger partial charge in [-0.15, -0.1) is 0 Å². The lowest BCUT2D eigenvalue weighted by molar-refractivity contribution is 0.0995. The molecule has 9 heteroatoms. The van der Waals surface area contributed by atoms with E-state index in [0.717, 1.165) is 16.9 Å². The summed E-state index contributed by atoms with van der Waals surface area (Å²) in [4.78, 5) is 23.9. The minimum absolute atomic E-state index is 0.00721. The van der Waals surface area contributed by atoms with Gasteiger partial charge in [0.1, 0.15) is 5.75 Å². The molecule has 0 radical (unpaired) electrons. The van der Waals surface area contributed by atoms with Gasteiger partial charge in [0.15, 0.2) is 18.1 Å². The van der Waals surface area contributed by atoms with E-state index in [4.69, 9.17) is 10.5 Å². The number of primary amides is 1. The first-order valence-electron chi connectivity index (χ1n) is 8.79. The van der Waals surface area contributed by atoms with Gasteiger partial charge in [-0.2, -0.15) is 10.2 Å². The number of aryl methyl sites for hydroxylation is 3. The number of aromatic nitrogens is 4.